The Kier molecular flexibility index (Phi) is 6.44. The van der Waals surface area contributed by atoms with Gasteiger partial charge in [-0.05, 0) is 63.7 Å². The Balaban J connectivity index is 0.000000403. The van der Waals surface area contributed by atoms with Crippen LogP contribution < -0.4 is 10.1 Å². The first-order valence-corrected chi connectivity index (χ1v) is 14.6. The van der Waals surface area contributed by atoms with E-state index >= 15 is 0 Å². The van der Waals surface area contributed by atoms with Gasteiger partial charge in [0.25, 0.3) is 18.3 Å². The number of H-pyrrole nitrogens is 1. The Morgan fingerprint density at radius 2 is 1.57 bits per heavy atom. The Morgan fingerprint density at radius 3 is 2.27 bits per heavy atom. The topological polar surface area (TPSA) is 106 Å². The standard InChI is InChI=1S/C30H22N4O3.C5H10O2/c1-33-12-13-34-27-16(15-33)6-5-9-19(27)23-25-24(29(35)32-30(25)36)22-20-14-18(37-17-7-3-2-4-8-17)10-11-21(20)31-26(22)28(23)34;1-5(2,3)7-4-6/h2-11,14,31H,12-13,15H2,1H3,(H,32,35,36);4H,1-3H3. The third-order valence-electron chi connectivity index (χ3n) is 8.13. The minimum absolute atomic E-state index is 0.318. The molecule has 9 nitrogen and oxygen atoms in total. The molecule has 4 aromatic carbocycles. The van der Waals surface area contributed by atoms with Gasteiger partial charge in [0.1, 0.15) is 17.1 Å². The van der Waals surface area contributed by atoms with Crippen molar-refractivity contribution in [2.24, 2.45) is 0 Å². The maximum Gasteiger partial charge on any atom is 0.293 e. The number of hydrogen-bond donors (Lipinski definition) is 2. The highest BCUT2D eigenvalue weighted by molar-refractivity contribution is 6.39. The first-order valence-electron chi connectivity index (χ1n) is 14.6. The molecule has 2 N–H and O–H groups in total. The summed E-state index contributed by atoms with van der Waals surface area (Å²) < 4.78 is 13.0. The lowest BCUT2D eigenvalue weighted by Gasteiger charge is -2.14. The van der Waals surface area contributed by atoms with Crippen molar-refractivity contribution in [3.05, 3.63) is 83.4 Å². The van der Waals surface area contributed by atoms with E-state index in [1.54, 1.807) is 0 Å². The Labute approximate surface area is 253 Å². The molecule has 2 amide bonds. The number of aromatic nitrogens is 2. The van der Waals surface area contributed by atoms with E-state index in [0.29, 0.717) is 23.3 Å². The molecular weight excluding hydrogens is 556 g/mol. The van der Waals surface area contributed by atoms with Crippen LogP contribution in [-0.2, 0) is 22.6 Å². The van der Waals surface area contributed by atoms with E-state index in [4.69, 9.17) is 4.74 Å². The molecule has 4 heterocycles. The summed E-state index contributed by atoms with van der Waals surface area (Å²) in [4.78, 5) is 42.0. The number of nitrogens with zero attached hydrogens (tertiary/aromatic N) is 2. The molecule has 0 saturated heterocycles. The summed E-state index contributed by atoms with van der Waals surface area (Å²) in [5.41, 5.74) is 5.68. The third kappa shape index (κ3) is 4.48. The van der Waals surface area contributed by atoms with Crippen molar-refractivity contribution < 1.29 is 23.9 Å². The van der Waals surface area contributed by atoms with Crippen molar-refractivity contribution >= 4 is 61.9 Å². The van der Waals surface area contributed by atoms with Crippen LogP contribution >= 0.6 is 0 Å². The van der Waals surface area contributed by atoms with E-state index in [1.165, 1.54) is 5.56 Å². The molecule has 44 heavy (non-hydrogen) atoms. The van der Waals surface area contributed by atoms with Crippen LogP contribution in [0, 0.1) is 0 Å². The third-order valence-corrected chi connectivity index (χ3v) is 8.13. The van der Waals surface area contributed by atoms with Gasteiger partial charge in [0.2, 0.25) is 0 Å². The molecule has 2 aromatic heterocycles. The van der Waals surface area contributed by atoms with Gasteiger partial charge >= 0.3 is 0 Å². The van der Waals surface area contributed by atoms with Gasteiger partial charge in [-0.25, -0.2) is 0 Å². The predicted octanol–water partition coefficient (Wildman–Crippen LogP) is 6.51. The fourth-order valence-corrected chi connectivity index (χ4v) is 6.36. The molecule has 0 aliphatic carbocycles. The number of carbonyl (C=O) groups excluding carboxylic acids is 3. The van der Waals surface area contributed by atoms with Gasteiger partial charge in [-0.3, -0.25) is 19.7 Å². The summed E-state index contributed by atoms with van der Waals surface area (Å²) in [5.74, 6) is 0.709. The number of rotatable bonds is 3. The lowest BCUT2D eigenvalue weighted by molar-refractivity contribution is -0.138. The molecule has 0 radical (unpaired) electrons. The highest BCUT2D eigenvalue weighted by Gasteiger charge is 2.36. The van der Waals surface area contributed by atoms with Crippen LogP contribution in [0.2, 0.25) is 0 Å². The zero-order chi connectivity index (χ0) is 30.7. The number of para-hydroxylation sites is 2. The lowest BCUT2D eigenvalue weighted by Crippen LogP contribution is -2.20. The van der Waals surface area contributed by atoms with E-state index in [0.717, 1.165) is 69.0 Å². The van der Waals surface area contributed by atoms with Gasteiger partial charge in [-0.1, -0.05) is 36.4 Å². The van der Waals surface area contributed by atoms with Crippen molar-refractivity contribution in [2.75, 3.05) is 13.6 Å². The molecule has 6 aromatic rings. The summed E-state index contributed by atoms with van der Waals surface area (Å²) in [6.07, 6.45) is 0. The lowest BCUT2D eigenvalue weighted by atomic mass is 9.96. The van der Waals surface area contributed by atoms with Gasteiger partial charge in [0.15, 0.2) is 0 Å². The summed E-state index contributed by atoms with van der Waals surface area (Å²) >= 11 is 0. The van der Waals surface area contributed by atoms with Crippen molar-refractivity contribution in [1.82, 2.24) is 19.8 Å². The van der Waals surface area contributed by atoms with E-state index < -0.39 is 0 Å². The quantitative estimate of drug-likeness (QED) is 0.180. The molecule has 2 aliphatic heterocycles. The van der Waals surface area contributed by atoms with Crippen LogP contribution in [0.1, 0.15) is 47.1 Å². The van der Waals surface area contributed by atoms with Crippen molar-refractivity contribution in [3.63, 3.8) is 0 Å². The number of nitrogens with one attached hydrogen (secondary N) is 2. The number of carbonyl (C=O) groups is 3. The molecule has 0 saturated carbocycles. The molecular formula is C35H32N4O5. The van der Waals surface area contributed by atoms with Gasteiger partial charge in [-0.2, -0.15) is 0 Å². The number of aromatic amines is 1. The smallest absolute Gasteiger partial charge is 0.293 e. The van der Waals surface area contributed by atoms with Crippen LogP contribution in [0.3, 0.4) is 0 Å². The second-order valence-corrected chi connectivity index (χ2v) is 12.3. The van der Waals surface area contributed by atoms with Gasteiger partial charge in [0, 0.05) is 46.7 Å². The number of hydrogen-bond acceptors (Lipinski definition) is 6. The average Bonchev–Trinajstić information content (AvgIpc) is 3.56. The van der Waals surface area contributed by atoms with Crippen LogP contribution in [0.15, 0.2) is 66.7 Å². The van der Waals surface area contributed by atoms with Crippen molar-refractivity contribution in [3.8, 4) is 11.5 Å². The molecule has 0 fully saturated rings. The summed E-state index contributed by atoms with van der Waals surface area (Å²) in [6, 6.07) is 21.7. The van der Waals surface area contributed by atoms with Crippen molar-refractivity contribution in [2.45, 2.75) is 39.5 Å². The highest BCUT2D eigenvalue weighted by Crippen LogP contribution is 2.45. The number of likely N-dealkylation sites (N-methyl/N-ethyl adjacent to an activating group) is 1. The average molecular weight is 589 g/mol. The Hall–Kier alpha value is -5.15. The van der Waals surface area contributed by atoms with Gasteiger partial charge < -0.3 is 23.9 Å². The van der Waals surface area contributed by atoms with Crippen LogP contribution in [-0.4, -0.2) is 51.9 Å². The summed E-state index contributed by atoms with van der Waals surface area (Å²) in [6.45, 7) is 8.42. The number of ether oxygens (including phenoxy) is 2. The molecule has 8 rings (SSSR count). The summed E-state index contributed by atoms with van der Waals surface area (Å²) in [5, 5.41) is 6.05. The second-order valence-electron chi connectivity index (χ2n) is 12.3. The minimum Gasteiger partial charge on any atom is -0.462 e. The number of fused-ring (bicyclic) bond motifs is 10. The molecule has 2 aliphatic rings. The predicted molar refractivity (Wildman–Crippen MR) is 170 cm³/mol. The zero-order valence-corrected chi connectivity index (χ0v) is 25.0. The Bertz CT molecular complexity index is 2140. The van der Waals surface area contributed by atoms with E-state index in [2.05, 4.69) is 43.7 Å². The van der Waals surface area contributed by atoms with Crippen molar-refractivity contribution in [1.29, 1.82) is 0 Å². The first kappa shape index (κ1) is 27.7. The number of amides is 2. The second kappa shape index (κ2) is 10.2. The molecule has 0 atom stereocenters. The zero-order valence-electron chi connectivity index (χ0n) is 25.0. The largest absolute Gasteiger partial charge is 0.462 e. The Morgan fingerprint density at radius 1 is 0.818 bits per heavy atom. The maximum absolute atomic E-state index is 13.3. The first-order chi connectivity index (χ1) is 21.1. The monoisotopic (exact) mass is 588 g/mol. The highest BCUT2D eigenvalue weighted by atomic mass is 16.5. The van der Waals surface area contributed by atoms with Crippen LogP contribution in [0.5, 0.6) is 11.5 Å². The molecule has 9 heteroatoms. The van der Waals surface area contributed by atoms with Gasteiger partial charge in [-0.15, -0.1) is 0 Å². The number of imide groups is 1. The van der Waals surface area contributed by atoms with E-state index in [-0.39, 0.29) is 17.4 Å². The maximum atomic E-state index is 13.3. The normalized spacial score (nSPS) is 14.8. The molecule has 0 bridgehead atoms. The molecule has 0 unspecified atom stereocenters. The SMILES string of the molecule is CC(C)(C)OC=O.CN1CCn2c3c(cccc3c3c4c(c5c6cc(Oc7ccccc7)ccc6[nH]c5c32)C(=O)NC4=O)C1. The van der Waals surface area contributed by atoms with Crippen LogP contribution in [0.4, 0.5) is 0 Å². The fourth-order valence-electron chi connectivity index (χ4n) is 6.36. The molecule has 0 spiro atoms. The summed E-state index contributed by atoms with van der Waals surface area (Å²) in [7, 11) is 2.13. The van der Waals surface area contributed by atoms with E-state index in [1.807, 2.05) is 75.4 Å². The van der Waals surface area contributed by atoms with E-state index in [9.17, 15) is 14.4 Å². The van der Waals surface area contributed by atoms with Gasteiger partial charge in [0.05, 0.1) is 27.7 Å². The minimum atomic E-state index is -0.355. The molecule has 222 valence electrons. The fraction of sp³-hybridized carbons (Fsp3) is 0.229. The van der Waals surface area contributed by atoms with Crippen LogP contribution in [0.25, 0.3) is 43.6 Å². The number of benzene rings is 4.